The minimum absolute atomic E-state index is 0.0121. The molecule has 0 spiro atoms. The highest BCUT2D eigenvalue weighted by molar-refractivity contribution is 5.95. The molecule has 18 heavy (non-hydrogen) atoms. The van der Waals surface area contributed by atoms with E-state index in [1.165, 1.54) is 18.2 Å². The van der Waals surface area contributed by atoms with Gasteiger partial charge in [0.05, 0.1) is 5.69 Å². The SMILES string of the molecule is CC(C)N(C)CCNC(=O)c1ccc(F)c(N)c1. The van der Waals surface area contributed by atoms with Crippen molar-refractivity contribution in [1.82, 2.24) is 10.2 Å². The zero-order valence-electron chi connectivity index (χ0n) is 11.0. The Kier molecular flexibility index (Phi) is 5.09. The van der Waals surface area contributed by atoms with Crippen molar-refractivity contribution in [2.75, 3.05) is 25.9 Å². The van der Waals surface area contributed by atoms with Gasteiger partial charge in [-0.3, -0.25) is 4.79 Å². The molecular weight excluding hydrogens is 233 g/mol. The third kappa shape index (κ3) is 4.00. The molecule has 0 radical (unpaired) electrons. The van der Waals surface area contributed by atoms with Crippen molar-refractivity contribution in [3.05, 3.63) is 29.6 Å². The molecule has 0 atom stereocenters. The van der Waals surface area contributed by atoms with Crippen molar-refractivity contribution in [1.29, 1.82) is 0 Å². The minimum Gasteiger partial charge on any atom is -0.396 e. The molecule has 0 heterocycles. The van der Waals surface area contributed by atoms with Gasteiger partial charge in [0.1, 0.15) is 5.82 Å². The van der Waals surface area contributed by atoms with Crippen molar-refractivity contribution >= 4 is 11.6 Å². The fourth-order valence-electron chi connectivity index (χ4n) is 1.39. The Morgan fingerprint density at radius 3 is 2.72 bits per heavy atom. The van der Waals surface area contributed by atoms with Gasteiger partial charge in [0.15, 0.2) is 0 Å². The molecule has 0 bridgehead atoms. The molecule has 0 saturated heterocycles. The van der Waals surface area contributed by atoms with E-state index in [1.54, 1.807) is 0 Å². The van der Waals surface area contributed by atoms with Gasteiger partial charge in [0.2, 0.25) is 0 Å². The van der Waals surface area contributed by atoms with E-state index in [2.05, 4.69) is 24.1 Å². The number of nitrogen functional groups attached to an aromatic ring is 1. The molecule has 0 aliphatic rings. The summed E-state index contributed by atoms with van der Waals surface area (Å²) in [6, 6.07) is 4.40. The number of halogens is 1. The summed E-state index contributed by atoms with van der Waals surface area (Å²) < 4.78 is 12.9. The van der Waals surface area contributed by atoms with E-state index in [-0.39, 0.29) is 11.6 Å². The first kappa shape index (κ1) is 14.4. The molecule has 0 fully saturated rings. The van der Waals surface area contributed by atoms with Crippen molar-refractivity contribution in [3.63, 3.8) is 0 Å². The molecule has 0 aromatic heterocycles. The largest absolute Gasteiger partial charge is 0.396 e. The van der Waals surface area contributed by atoms with E-state index in [4.69, 9.17) is 5.73 Å². The fraction of sp³-hybridized carbons (Fsp3) is 0.462. The standard InChI is InChI=1S/C13H20FN3O/c1-9(2)17(3)7-6-16-13(18)10-4-5-11(14)12(15)8-10/h4-5,8-9H,6-7,15H2,1-3H3,(H,16,18). The number of benzene rings is 1. The Bertz CT molecular complexity index is 421. The first-order valence-corrected chi connectivity index (χ1v) is 5.95. The van der Waals surface area contributed by atoms with E-state index in [1.807, 2.05) is 7.05 Å². The predicted octanol–water partition coefficient (Wildman–Crippen LogP) is 1.48. The summed E-state index contributed by atoms with van der Waals surface area (Å²) in [4.78, 5) is 13.9. The van der Waals surface area contributed by atoms with E-state index in [9.17, 15) is 9.18 Å². The normalized spacial score (nSPS) is 11.0. The van der Waals surface area contributed by atoms with Gasteiger partial charge in [0.25, 0.3) is 5.91 Å². The number of nitrogens with two attached hydrogens (primary N) is 1. The Morgan fingerprint density at radius 2 is 2.17 bits per heavy atom. The van der Waals surface area contributed by atoms with E-state index < -0.39 is 5.82 Å². The van der Waals surface area contributed by atoms with Gasteiger partial charge in [-0.1, -0.05) is 0 Å². The van der Waals surface area contributed by atoms with Crippen molar-refractivity contribution in [2.45, 2.75) is 19.9 Å². The van der Waals surface area contributed by atoms with E-state index in [0.717, 1.165) is 6.54 Å². The van der Waals surface area contributed by atoms with Crippen molar-refractivity contribution in [3.8, 4) is 0 Å². The molecule has 0 aliphatic heterocycles. The highest BCUT2D eigenvalue weighted by Crippen LogP contribution is 2.11. The van der Waals surface area contributed by atoms with Crippen LogP contribution >= 0.6 is 0 Å². The smallest absolute Gasteiger partial charge is 0.251 e. The highest BCUT2D eigenvalue weighted by Gasteiger charge is 2.08. The summed E-state index contributed by atoms with van der Waals surface area (Å²) in [7, 11) is 1.99. The van der Waals surface area contributed by atoms with Crippen LogP contribution in [0.15, 0.2) is 18.2 Å². The number of likely N-dealkylation sites (N-methyl/N-ethyl adjacent to an activating group) is 1. The molecule has 1 amide bonds. The van der Waals surface area contributed by atoms with Gasteiger partial charge in [-0.05, 0) is 39.1 Å². The average molecular weight is 253 g/mol. The number of nitrogens with zero attached hydrogens (tertiary/aromatic N) is 1. The Hall–Kier alpha value is -1.62. The zero-order valence-corrected chi connectivity index (χ0v) is 11.0. The third-order valence-electron chi connectivity index (χ3n) is 2.89. The third-order valence-corrected chi connectivity index (χ3v) is 2.89. The maximum atomic E-state index is 12.9. The van der Waals surface area contributed by atoms with E-state index in [0.29, 0.717) is 18.2 Å². The summed E-state index contributed by atoms with van der Waals surface area (Å²) >= 11 is 0. The monoisotopic (exact) mass is 253 g/mol. The molecule has 0 saturated carbocycles. The van der Waals surface area contributed by atoms with Crippen molar-refractivity contribution in [2.24, 2.45) is 0 Å². The molecule has 4 nitrogen and oxygen atoms in total. The first-order chi connectivity index (χ1) is 8.41. The second-order valence-electron chi connectivity index (χ2n) is 4.57. The quantitative estimate of drug-likeness (QED) is 0.781. The molecule has 0 unspecified atom stereocenters. The second-order valence-corrected chi connectivity index (χ2v) is 4.57. The van der Waals surface area contributed by atoms with Gasteiger partial charge in [0, 0.05) is 24.7 Å². The number of hydrogen-bond donors (Lipinski definition) is 2. The van der Waals surface area contributed by atoms with Crippen LogP contribution in [0, 0.1) is 5.82 Å². The molecular formula is C13H20FN3O. The maximum Gasteiger partial charge on any atom is 0.251 e. The number of anilines is 1. The van der Waals surface area contributed by atoms with Crippen LogP contribution in [-0.2, 0) is 0 Å². The van der Waals surface area contributed by atoms with E-state index >= 15 is 0 Å². The zero-order chi connectivity index (χ0) is 13.7. The summed E-state index contributed by atoms with van der Waals surface area (Å²) in [5, 5.41) is 2.77. The van der Waals surface area contributed by atoms with Gasteiger partial charge in [-0.2, -0.15) is 0 Å². The Morgan fingerprint density at radius 1 is 1.50 bits per heavy atom. The van der Waals surface area contributed by atoms with Gasteiger partial charge in [-0.15, -0.1) is 0 Å². The number of carbonyl (C=O) groups excluding carboxylic acids is 1. The number of amides is 1. The lowest BCUT2D eigenvalue weighted by Crippen LogP contribution is -2.36. The molecule has 1 rings (SSSR count). The summed E-state index contributed by atoms with van der Waals surface area (Å²) in [6.45, 7) is 5.48. The lowest BCUT2D eigenvalue weighted by atomic mass is 10.2. The van der Waals surface area contributed by atoms with Gasteiger partial charge >= 0.3 is 0 Å². The van der Waals surface area contributed by atoms with Gasteiger partial charge in [-0.25, -0.2) is 4.39 Å². The minimum atomic E-state index is -0.508. The molecule has 100 valence electrons. The maximum absolute atomic E-state index is 12.9. The molecule has 0 aliphatic carbocycles. The lowest BCUT2D eigenvalue weighted by molar-refractivity contribution is 0.0948. The van der Waals surface area contributed by atoms with Crippen LogP contribution in [0.25, 0.3) is 0 Å². The molecule has 5 heteroatoms. The number of carbonyl (C=O) groups is 1. The lowest BCUT2D eigenvalue weighted by Gasteiger charge is -2.20. The number of nitrogens with one attached hydrogen (secondary N) is 1. The number of hydrogen-bond acceptors (Lipinski definition) is 3. The van der Waals surface area contributed by atoms with Crippen LogP contribution in [0.2, 0.25) is 0 Å². The topological polar surface area (TPSA) is 58.4 Å². The van der Waals surface area contributed by atoms with Crippen LogP contribution in [0.5, 0.6) is 0 Å². The van der Waals surface area contributed by atoms with Crippen LogP contribution in [0.3, 0.4) is 0 Å². The summed E-state index contributed by atoms with van der Waals surface area (Å²) in [5.74, 6) is -0.745. The summed E-state index contributed by atoms with van der Waals surface area (Å²) in [5.41, 5.74) is 5.78. The predicted molar refractivity (Wildman–Crippen MR) is 70.9 cm³/mol. The summed E-state index contributed by atoms with van der Waals surface area (Å²) in [6.07, 6.45) is 0. The number of rotatable bonds is 5. The first-order valence-electron chi connectivity index (χ1n) is 5.95. The van der Waals surface area contributed by atoms with Crippen LogP contribution in [0.4, 0.5) is 10.1 Å². The van der Waals surface area contributed by atoms with Crippen molar-refractivity contribution < 1.29 is 9.18 Å². The Labute approximate surface area is 107 Å². The molecule has 1 aromatic carbocycles. The average Bonchev–Trinajstić information content (AvgIpc) is 2.32. The molecule has 3 N–H and O–H groups in total. The van der Waals surface area contributed by atoms with Gasteiger partial charge < -0.3 is 16.0 Å². The second kappa shape index (κ2) is 6.35. The fourth-order valence-corrected chi connectivity index (χ4v) is 1.39. The van der Waals surface area contributed by atoms with Crippen LogP contribution in [0.1, 0.15) is 24.2 Å². The highest BCUT2D eigenvalue weighted by atomic mass is 19.1. The Balaban J connectivity index is 2.48. The van der Waals surface area contributed by atoms with Crippen LogP contribution in [-0.4, -0.2) is 37.0 Å². The van der Waals surface area contributed by atoms with Crippen LogP contribution < -0.4 is 11.1 Å². The molecule has 1 aromatic rings.